The number of hydrogen-bond donors (Lipinski definition) is 0. The van der Waals surface area contributed by atoms with Crippen molar-refractivity contribution in [2.75, 3.05) is 0 Å². The summed E-state index contributed by atoms with van der Waals surface area (Å²) in [6, 6.07) is 8.56. The summed E-state index contributed by atoms with van der Waals surface area (Å²) in [7, 11) is 0. The van der Waals surface area contributed by atoms with Crippen LogP contribution in [0, 0.1) is 0 Å². The average Bonchev–Trinajstić information content (AvgIpc) is 2.19. The topological polar surface area (TPSA) is 76.5 Å². The molecule has 0 aliphatic rings. The Bertz CT molecular complexity index is 417. The Balaban J connectivity index is 3.09. The van der Waals surface area contributed by atoms with Gasteiger partial charge in [-0.25, -0.2) is 0 Å². The van der Waals surface area contributed by atoms with E-state index in [0.29, 0.717) is 5.56 Å². The third kappa shape index (κ3) is 1.94. The Labute approximate surface area is 80.7 Å². The van der Waals surface area contributed by atoms with Crippen LogP contribution < -0.4 is 5.11 Å². The molecular weight excluding hydrogens is 180 g/mol. The van der Waals surface area contributed by atoms with Crippen molar-refractivity contribution in [3.8, 4) is 0 Å². The number of carboxylic acids is 1. The predicted molar refractivity (Wildman–Crippen MR) is 49.1 cm³/mol. The first-order valence-electron chi connectivity index (χ1n) is 3.85. The first kappa shape index (κ1) is 9.89. The van der Waals surface area contributed by atoms with Crippen LogP contribution in [0.3, 0.4) is 0 Å². The van der Waals surface area contributed by atoms with Gasteiger partial charge in [0.05, 0.1) is 5.57 Å². The maximum absolute atomic E-state index is 10.5. The van der Waals surface area contributed by atoms with Crippen LogP contribution in [0.15, 0.2) is 36.9 Å². The summed E-state index contributed by atoms with van der Waals surface area (Å²) in [5.74, 6) is -1.55. The summed E-state index contributed by atoms with van der Waals surface area (Å²) in [6.07, 6.45) is 0. The molecule has 0 N–H and O–H groups in total. The van der Waals surface area contributed by atoms with Crippen molar-refractivity contribution in [2.24, 2.45) is 0 Å². The summed E-state index contributed by atoms with van der Waals surface area (Å²) < 4.78 is 0. The Morgan fingerprint density at radius 3 is 2.36 bits per heavy atom. The second-order valence-electron chi connectivity index (χ2n) is 2.58. The molecule has 1 aromatic rings. The first-order chi connectivity index (χ1) is 6.66. The van der Waals surface area contributed by atoms with Crippen LogP contribution in [0.2, 0.25) is 0 Å². The Kier molecular flexibility index (Phi) is 2.94. The van der Waals surface area contributed by atoms with Crippen LogP contribution >= 0.6 is 0 Å². The summed E-state index contributed by atoms with van der Waals surface area (Å²) in [5, 5.41) is 10.5. The standard InChI is InChI=1S/C10H8N2O2/c1-7(9(12-11)10(13)14)8-5-3-2-4-6-8/h2-6H,1H2,(H,13,14)/p-1. The molecule has 70 valence electrons. The number of hydrogen-bond acceptors (Lipinski definition) is 2. The van der Waals surface area contributed by atoms with Gasteiger partial charge in [0.15, 0.2) is 5.97 Å². The molecule has 0 fully saturated rings. The van der Waals surface area contributed by atoms with E-state index in [2.05, 4.69) is 11.4 Å². The quantitative estimate of drug-likeness (QED) is 0.383. The van der Waals surface area contributed by atoms with Crippen molar-refractivity contribution in [2.45, 2.75) is 0 Å². The number of carboxylic acid groups (broad SMARTS) is 1. The van der Waals surface area contributed by atoms with E-state index in [1.807, 2.05) is 0 Å². The molecule has 0 atom stereocenters. The molecule has 0 amide bonds. The fourth-order valence-corrected chi connectivity index (χ4v) is 1.00. The number of aliphatic carboxylic acids is 1. The molecule has 0 aromatic heterocycles. The molecule has 0 radical (unpaired) electrons. The second-order valence-corrected chi connectivity index (χ2v) is 2.58. The minimum absolute atomic E-state index is 0.119. The summed E-state index contributed by atoms with van der Waals surface area (Å²) in [6.45, 7) is 3.51. The van der Waals surface area contributed by atoms with Crippen LogP contribution in [-0.4, -0.2) is 16.5 Å². The van der Waals surface area contributed by atoms with E-state index in [1.54, 1.807) is 30.3 Å². The van der Waals surface area contributed by atoms with Crippen molar-refractivity contribution in [1.82, 2.24) is 0 Å². The van der Waals surface area contributed by atoms with Crippen LogP contribution in [0.5, 0.6) is 0 Å². The fourth-order valence-electron chi connectivity index (χ4n) is 1.00. The van der Waals surface area contributed by atoms with Gasteiger partial charge >= 0.3 is 5.71 Å². The van der Waals surface area contributed by atoms with Crippen molar-refractivity contribution in [1.29, 1.82) is 0 Å². The van der Waals surface area contributed by atoms with Gasteiger partial charge in [0, 0.05) is 0 Å². The number of carbonyl (C=O) groups is 1. The van der Waals surface area contributed by atoms with Gasteiger partial charge in [0.1, 0.15) is 0 Å². The molecular formula is C10H7N2O2-. The SMILES string of the molecule is C=C(C(=[N+]=[N-])C(=O)[O-])c1ccccc1. The second kappa shape index (κ2) is 4.16. The molecule has 0 spiro atoms. The molecule has 0 aliphatic carbocycles. The highest BCUT2D eigenvalue weighted by Gasteiger charge is 2.15. The zero-order chi connectivity index (χ0) is 10.6. The Morgan fingerprint density at radius 2 is 1.93 bits per heavy atom. The lowest BCUT2D eigenvalue weighted by molar-refractivity contribution is -0.296. The van der Waals surface area contributed by atoms with Gasteiger partial charge in [0.2, 0.25) is 0 Å². The molecule has 0 aliphatic heterocycles. The molecule has 14 heavy (non-hydrogen) atoms. The predicted octanol–water partition coefficient (Wildman–Crippen LogP) is 0.120. The number of nitrogens with zero attached hydrogens (tertiary/aromatic N) is 2. The molecule has 0 saturated heterocycles. The van der Waals surface area contributed by atoms with E-state index in [-0.39, 0.29) is 5.57 Å². The lowest BCUT2D eigenvalue weighted by Gasteiger charge is -2.01. The first-order valence-corrected chi connectivity index (χ1v) is 3.85. The number of rotatable bonds is 3. The van der Waals surface area contributed by atoms with E-state index in [1.165, 1.54) is 0 Å². The van der Waals surface area contributed by atoms with Crippen molar-refractivity contribution < 1.29 is 14.7 Å². The Hall–Kier alpha value is -2.19. The maximum Gasteiger partial charge on any atom is 0.345 e. The zero-order valence-corrected chi connectivity index (χ0v) is 7.30. The van der Waals surface area contributed by atoms with Crippen molar-refractivity contribution in [3.63, 3.8) is 0 Å². The maximum atomic E-state index is 10.5. The van der Waals surface area contributed by atoms with Crippen LogP contribution in [0.1, 0.15) is 5.56 Å². The third-order valence-electron chi connectivity index (χ3n) is 1.70. The molecule has 0 heterocycles. The molecule has 0 bridgehead atoms. The third-order valence-corrected chi connectivity index (χ3v) is 1.70. The van der Waals surface area contributed by atoms with E-state index >= 15 is 0 Å². The van der Waals surface area contributed by atoms with Gasteiger partial charge in [-0.15, -0.1) is 0 Å². The minimum atomic E-state index is -1.55. The number of carbonyl (C=O) groups excluding carboxylic acids is 1. The highest BCUT2D eigenvalue weighted by molar-refractivity contribution is 6.50. The monoisotopic (exact) mass is 187 g/mol. The van der Waals surface area contributed by atoms with Gasteiger partial charge < -0.3 is 15.4 Å². The normalized spacial score (nSPS) is 8.86. The fraction of sp³-hybridized carbons (Fsp3) is 0. The van der Waals surface area contributed by atoms with E-state index in [4.69, 9.17) is 5.53 Å². The summed E-state index contributed by atoms with van der Waals surface area (Å²) >= 11 is 0. The van der Waals surface area contributed by atoms with E-state index < -0.39 is 11.7 Å². The van der Waals surface area contributed by atoms with Crippen molar-refractivity contribution in [3.05, 3.63) is 48.0 Å². The van der Waals surface area contributed by atoms with Gasteiger partial charge in [-0.2, -0.15) is 4.79 Å². The zero-order valence-electron chi connectivity index (χ0n) is 7.30. The summed E-state index contributed by atoms with van der Waals surface area (Å²) in [5.41, 5.74) is 8.57. The largest absolute Gasteiger partial charge is 0.539 e. The minimum Gasteiger partial charge on any atom is -0.539 e. The van der Waals surface area contributed by atoms with Crippen LogP contribution in [0.4, 0.5) is 0 Å². The molecule has 0 saturated carbocycles. The van der Waals surface area contributed by atoms with Gasteiger partial charge in [-0.3, -0.25) is 0 Å². The average molecular weight is 187 g/mol. The van der Waals surface area contributed by atoms with Gasteiger partial charge in [0.25, 0.3) is 0 Å². The molecule has 1 aromatic carbocycles. The van der Waals surface area contributed by atoms with Crippen LogP contribution in [0.25, 0.3) is 11.1 Å². The van der Waals surface area contributed by atoms with Gasteiger partial charge in [-0.1, -0.05) is 36.9 Å². The van der Waals surface area contributed by atoms with E-state index in [9.17, 15) is 9.90 Å². The summed E-state index contributed by atoms with van der Waals surface area (Å²) in [4.78, 5) is 13.1. The van der Waals surface area contributed by atoms with Crippen LogP contribution in [-0.2, 0) is 4.79 Å². The van der Waals surface area contributed by atoms with Crippen molar-refractivity contribution >= 4 is 17.3 Å². The highest BCUT2D eigenvalue weighted by atomic mass is 16.4. The highest BCUT2D eigenvalue weighted by Crippen LogP contribution is 2.11. The Morgan fingerprint density at radius 1 is 1.36 bits per heavy atom. The lowest BCUT2D eigenvalue weighted by atomic mass is 10.0. The lowest BCUT2D eigenvalue weighted by Crippen LogP contribution is -2.32. The molecule has 4 heteroatoms. The smallest absolute Gasteiger partial charge is 0.345 e. The molecule has 4 nitrogen and oxygen atoms in total. The molecule has 0 unspecified atom stereocenters. The molecule has 1 rings (SSSR count). The van der Waals surface area contributed by atoms with E-state index in [0.717, 1.165) is 0 Å². The van der Waals surface area contributed by atoms with Gasteiger partial charge in [-0.05, 0) is 5.56 Å². The number of benzene rings is 1.